The minimum atomic E-state index is -3.20. The first-order valence-electron chi connectivity index (χ1n) is 7.11. The predicted molar refractivity (Wildman–Crippen MR) is 80.2 cm³/mol. The molecule has 22 heavy (non-hydrogen) atoms. The van der Waals surface area contributed by atoms with E-state index in [-0.39, 0.29) is 10.3 Å². The van der Waals surface area contributed by atoms with E-state index in [1.807, 2.05) is 0 Å². The first kappa shape index (κ1) is 15.2. The summed E-state index contributed by atoms with van der Waals surface area (Å²) >= 11 is 0. The Morgan fingerprint density at radius 1 is 1.09 bits per heavy atom. The van der Waals surface area contributed by atoms with Crippen LogP contribution >= 0.6 is 0 Å². The Morgan fingerprint density at radius 2 is 1.73 bits per heavy atom. The van der Waals surface area contributed by atoms with Crippen LogP contribution in [0.25, 0.3) is 11.5 Å². The zero-order chi connectivity index (χ0) is 15.8. The molecule has 0 spiro atoms. The molecule has 0 aliphatic carbocycles. The number of ether oxygens (including phenoxy) is 1. The second-order valence-corrected chi connectivity index (χ2v) is 7.90. The van der Waals surface area contributed by atoms with Gasteiger partial charge in [-0.15, -0.1) is 10.2 Å². The fraction of sp³-hybridized carbons (Fsp3) is 0.467. The van der Waals surface area contributed by atoms with Gasteiger partial charge in [-0.2, -0.15) is 0 Å². The lowest BCUT2D eigenvalue weighted by atomic mass is 9.82. The van der Waals surface area contributed by atoms with Crippen LogP contribution in [0.4, 0.5) is 0 Å². The molecule has 7 heteroatoms. The number of hydrogen-bond acceptors (Lipinski definition) is 6. The fourth-order valence-electron chi connectivity index (χ4n) is 2.46. The second-order valence-electron chi connectivity index (χ2n) is 5.88. The summed E-state index contributed by atoms with van der Waals surface area (Å²) in [5, 5.41) is 8.26. The lowest BCUT2D eigenvalue weighted by Gasteiger charge is -2.29. The average molecular weight is 322 g/mol. The van der Waals surface area contributed by atoms with Gasteiger partial charge in [0.1, 0.15) is 0 Å². The Balaban J connectivity index is 1.87. The summed E-state index contributed by atoms with van der Waals surface area (Å²) in [7, 11) is -3.20. The molecule has 2 aromatic rings. The molecule has 0 bridgehead atoms. The summed E-state index contributed by atoms with van der Waals surface area (Å²) in [6.07, 6.45) is 2.88. The van der Waals surface area contributed by atoms with Crippen LogP contribution in [0, 0.1) is 0 Å². The maximum Gasteiger partial charge on any atom is 0.247 e. The van der Waals surface area contributed by atoms with Gasteiger partial charge in [-0.05, 0) is 37.1 Å². The molecule has 2 heterocycles. The highest BCUT2D eigenvalue weighted by molar-refractivity contribution is 7.90. The van der Waals surface area contributed by atoms with E-state index in [0.717, 1.165) is 12.8 Å². The number of hydrogen-bond donors (Lipinski definition) is 0. The number of nitrogens with zero attached hydrogens (tertiary/aromatic N) is 2. The van der Waals surface area contributed by atoms with Crippen molar-refractivity contribution in [3.05, 3.63) is 30.2 Å². The quantitative estimate of drug-likeness (QED) is 0.861. The van der Waals surface area contributed by atoms with E-state index in [0.29, 0.717) is 30.6 Å². The van der Waals surface area contributed by atoms with Gasteiger partial charge >= 0.3 is 0 Å². The maximum atomic E-state index is 11.5. The third kappa shape index (κ3) is 2.91. The van der Waals surface area contributed by atoms with Gasteiger partial charge in [-0.3, -0.25) is 0 Å². The first-order valence-corrected chi connectivity index (χ1v) is 9.00. The molecule has 0 saturated carbocycles. The first-order chi connectivity index (χ1) is 10.4. The number of aromatic nitrogens is 2. The van der Waals surface area contributed by atoms with Crippen LogP contribution in [0.3, 0.4) is 0 Å². The van der Waals surface area contributed by atoms with E-state index >= 15 is 0 Å². The third-order valence-electron chi connectivity index (χ3n) is 4.07. The van der Waals surface area contributed by atoms with Crippen LogP contribution in [0.15, 0.2) is 33.6 Å². The summed E-state index contributed by atoms with van der Waals surface area (Å²) in [6.45, 7) is 3.48. The third-order valence-corrected chi connectivity index (χ3v) is 5.20. The van der Waals surface area contributed by atoms with Crippen LogP contribution in [0.5, 0.6) is 0 Å². The SMILES string of the molecule is CC1(c2nnc(-c3ccc(S(C)(=O)=O)cc3)o2)CCOCC1. The van der Waals surface area contributed by atoms with Gasteiger partial charge in [0.25, 0.3) is 0 Å². The van der Waals surface area contributed by atoms with Crippen molar-refractivity contribution in [2.75, 3.05) is 19.5 Å². The van der Waals surface area contributed by atoms with Crippen molar-refractivity contribution in [2.24, 2.45) is 0 Å². The molecule has 0 atom stereocenters. The smallest absolute Gasteiger partial charge is 0.247 e. The normalized spacial score (nSPS) is 18.3. The number of rotatable bonds is 3. The lowest BCUT2D eigenvalue weighted by molar-refractivity contribution is 0.0471. The van der Waals surface area contributed by atoms with Gasteiger partial charge in [-0.25, -0.2) is 8.42 Å². The summed E-state index contributed by atoms with van der Waals surface area (Å²) in [5.74, 6) is 1.01. The van der Waals surface area contributed by atoms with Gasteiger partial charge in [0.05, 0.1) is 10.3 Å². The Kier molecular flexibility index (Phi) is 3.78. The predicted octanol–water partition coefficient (Wildman–Crippen LogP) is 2.21. The largest absolute Gasteiger partial charge is 0.420 e. The Bertz CT molecular complexity index is 759. The van der Waals surface area contributed by atoms with Crippen molar-refractivity contribution in [1.29, 1.82) is 0 Å². The van der Waals surface area contributed by atoms with E-state index in [2.05, 4.69) is 17.1 Å². The van der Waals surface area contributed by atoms with Gasteiger partial charge in [0, 0.05) is 25.0 Å². The van der Waals surface area contributed by atoms with Gasteiger partial charge in [0.15, 0.2) is 9.84 Å². The van der Waals surface area contributed by atoms with Crippen molar-refractivity contribution >= 4 is 9.84 Å². The van der Waals surface area contributed by atoms with Crippen LogP contribution in [0.2, 0.25) is 0 Å². The summed E-state index contributed by atoms with van der Waals surface area (Å²) < 4.78 is 34.1. The van der Waals surface area contributed by atoms with Gasteiger partial charge in [-0.1, -0.05) is 6.92 Å². The Hall–Kier alpha value is -1.73. The van der Waals surface area contributed by atoms with Crippen molar-refractivity contribution in [3.63, 3.8) is 0 Å². The van der Waals surface area contributed by atoms with Crippen molar-refractivity contribution in [2.45, 2.75) is 30.1 Å². The van der Waals surface area contributed by atoms with E-state index in [1.165, 1.54) is 6.26 Å². The van der Waals surface area contributed by atoms with Crippen LogP contribution in [-0.4, -0.2) is 38.1 Å². The summed E-state index contributed by atoms with van der Waals surface area (Å²) in [5.41, 5.74) is 0.553. The monoisotopic (exact) mass is 322 g/mol. The molecule has 0 unspecified atom stereocenters. The highest BCUT2D eigenvalue weighted by Gasteiger charge is 2.34. The second kappa shape index (κ2) is 5.48. The van der Waals surface area contributed by atoms with Crippen LogP contribution < -0.4 is 0 Å². The molecular formula is C15H18N2O4S. The zero-order valence-electron chi connectivity index (χ0n) is 12.6. The zero-order valence-corrected chi connectivity index (χ0v) is 13.4. The minimum absolute atomic E-state index is 0.157. The molecule has 1 aliphatic rings. The van der Waals surface area contributed by atoms with Crippen molar-refractivity contribution in [3.8, 4) is 11.5 Å². The average Bonchev–Trinajstić information content (AvgIpc) is 2.98. The van der Waals surface area contributed by atoms with Gasteiger partial charge < -0.3 is 9.15 Å². The molecule has 6 nitrogen and oxygen atoms in total. The van der Waals surface area contributed by atoms with Crippen LogP contribution in [-0.2, 0) is 20.0 Å². The molecule has 1 aromatic carbocycles. The van der Waals surface area contributed by atoms with Crippen molar-refractivity contribution in [1.82, 2.24) is 10.2 Å². The highest BCUT2D eigenvalue weighted by Crippen LogP contribution is 2.34. The van der Waals surface area contributed by atoms with E-state index in [1.54, 1.807) is 24.3 Å². The van der Waals surface area contributed by atoms with Crippen LogP contribution in [0.1, 0.15) is 25.7 Å². The van der Waals surface area contributed by atoms with Crippen molar-refractivity contribution < 1.29 is 17.6 Å². The van der Waals surface area contributed by atoms with E-state index in [4.69, 9.17) is 9.15 Å². The molecule has 118 valence electrons. The minimum Gasteiger partial charge on any atom is -0.420 e. The summed E-state index contributed by atoms with van der Waals surface area (Å²) in [4.78, 5) is 0.271. The van der Waals surface area contributed by atoms with Gasteiger partial charge in [0.2, 0.25) is 11.8 Å². The van der Waals surface area contributed by atoms with E-state index in [9.17, 15) is 8.42 Å². The topological polar surface area (TPSA) is 82.3 Å². The van der Waals surface area contributed by atoms with E-state index < -0.39 is 9.84 Å². The molecule has 0 amide bonds. The standard InChI is InChI=1S/C15H18N2O4S/c1-15(7-9-20-10-8-15)14-17-16-13(21-14)11-3-5-12(6-4-11)22(2,18)19/h3-6H,7-10H2,1-2H3. The fourth-order valence-corrected chi connectivity index (χ4v) is 3.09. The molecule has 0 N–H and O–H groups in total. The lowest BCUT2D eigenvalue weighted by Crippen LogP contribution is -2.30. The molecule has 1 aromatic heterocycles. The molecular weight excluding hydrogens is 304 g/mol. The molecule has 3 rings (SSSR count). The molecule has 1 aliphatic heterocycles. The summed E-state index contributed by atoms with van der Waals surface area (Å²) in [6, 6.07) is 6.45. The maximum absolute atomic E-state index is 11.5. The molecule has 0 radical (unpaired) electrons. The number of sulfone groups is 1. The number of benzene rings is 1. The highest BCUT2D eigenvalue weighted by atomic mass is 32.2. The Labute approximate surface area is 129 Å². The molecule has 1 saturated heterocycles. The Morgan fingerprint density at radius 3 is 2.32 bits per heavy atom. The molecule has 1 fully saturated rings.